The largest absolute Gasteiger partial charge is 0.417 e. The van der Waals surface area contributed by atoms with Crippen LogP contribution in [0.3, 0.4) is 0 Å². The first-order chi connectivity index (χ1) is 15.9. The van der Waals surface area contributed by atoms with Gasteiger partial charge in [-0.2, -0.15) is 13.2 Å². The number of nitrogens with zero attached hydrogens (tertiary/aromatic N) is 1. The molecule has 33 heavy (non-hydrogen) atoms. The van der Waals surface area contributed by atoms with E-state index in [0.717, 1.165) is 41.2 Å². The number of aromatic nitrogens is 1. The second-order valence-corrected chi connectivity index (χ2v) is 8.72. The van der Waals surface area contributed by atoms with Crippen molar-refractivity contribution < 1.29 is 13.2 Å². The summed E-state index contributed by atoms with van der Waals surface area (Å²) in [6.45, 7) is 2.11. The minimum absolute atomic E-state index is 0.329. The Morgan fingerprint density at radius 3 is 2.30 bits per heavy atom. The van der Waals surface area contributed by atoms with E-state index in [0.29, 0.717) is 16.7 Å². The standard InChI is InChI=1S/C20H17F3.C9H7N/c1-12-5-4-8-16-14(12)9-10-17-15-7-3-2-6-13(15)11-18(19(16)17)20(21,22)23;1-2-4-9-7-10-6-5-8(9)3-1/h2-3,6-7,9-12H,4-5,8H2,1H3;1-7H. The summed E-state index contributed by atoms with van der Waals surface area (Å²) in [4.78, 5) is 4.01. The number of alkyl halides is 3. The molecule has 0 saturated heterocycles. The maximum Gasteiger partial charge on any atom is 0.417 e. The molecule has 1 nitrogen and oxygen atoms in total. The van der Waals surface area contributed by atoms with Gasteiger partial charge in [-0.25, -0.2) is 0 Å². The Morgan fingerprint density at radius 1 is 0.818 bits per heavy atom. The van der Waals surface area contributed by atoms with Crippen molar-refractivity contribution in [1.82, 2.24) is 4.98 Å². The highest BCUT2D eigenvalue weighted by Crippen LogP contribution is 2.44. The first-order valence-corrected chi connectivity index (χ1v) is 11.3. The summed E-state index contributed by atoms with van der Waals surface area (Å²) in [6.07, 6.45) is 2.08. The Hall–Kier alpha value is -3.40. The SMILES string of the molecule is CC1CCCc2c1ccc1c2c(C(F)(F)F)cc2ccccc21.c1ccc2cnccc2c1. The van der Waals surface area contributed by atoms with Crippen molar-refractivity contribution in [1.29, 1.82) is 0 Å². The molecule has 0 spiro atoms. The molecule has 1 unspecified atom stereocenters. The Labute approximate surface area is 190 Å². The van der Waals surface area contributed by atoms with Crippen LogP contribution in [0.15, 0.2) is 85.2 Å². The molecule has 1 aliphatic rings. The van der Waals surface area contributed by atoms with E-state index in [9.17, 15) is 13.2 Å². The second-order valence-electron chi connectivity index (χ2n) is 8.72. The normalized spacial score (nSPS) is 15.8. The van der Waals surface area contributed by atoms with Crippen molar-refractivity contribution in [2.45, 2.75) is 38.3 Å². The molecule has 5 aromatic rings. The van der Waals surface area contributed by atoms with E-state index in [2.05, 4.69) is 24.0 Å². The lowest BCUT2D eigenvalue weighted by molar-refractivity contribution is -0.136. The predicted molar refractivity (Wildman–Crippen MR) is 130 cm³/mol. The van der Waals surface area contributed by atoms with Crippen LogP contribution in [0, 0.1) is 0 Å². The highest BCUT2D eigenvalue weighted by Gasteiger charge is 2.35. The molecular formula is C29H24F3N. The van der Waals surface area contributed by atoms with Crippen molar-refractivity contribution >= 4 is 32.3 Å². The van der Waals surface area contributed by atoms with Crippen LogP contribution in [-0.4, -0.2) is 4.98 Å². The van der Waals surface area contributed by atoms with Crippen molar-refractivity contribution in [3.05, 3.63) is 102 Å². The minimum atomic E-state index is -4.34. The maximum absolute atomic E-state index is 13.7. The summed E-state index contributed by atoms with van der Waals surface area (Å²) in [5.41, 5.74) is 1.50. The average molecular weight is 444 g/mol. The highest BCUT2D eigenvalue weighted by atomic mass is 19.4. The molecule has 0 bridgehead atoms. The molecule has 1 atom stereocenters. The lowest BCUT2D eigenvalue weighted by Crippen LogP contribution is -2.12. The molecule has 1 aromatic heterocycles. The third kappa shape index (κ3) is 4.06. The summed E-state index contributed by atoms with van der Waals surface area (Å²) >= 11 is 0. The Morgan fingerprint density at radius 2 is 1.55 bits per heavy atom. The number of pyridine rings is 1. The highest BCUT2D eigenvalue weighted by molar-refractivity contribution is 6.10. The molecule has 0 N–H and O–H groups in total. The van der Waals surface area contributed by atoms with E-state index in [1.165, 1.54) is 16.8 Å². The van der Waals surface area contributed by atoms with Crippen LogP contribution in [-0.2, 0) is 12.6 Å². The molecule has 1 aliphatic carbocycles. The smallest absolute Gasteiger partial charge is 0.264 e. The molecule has 1 heterocycles. The lowest BCUT2D eigenvalue weighted by Gasteiger charge is -2.26. The van der Waals surface area contributed by atoms with Gasteiger partial charge in [-0.05, 0) is 80.8 Å². The van der Waals surface area contributed by atoms with Crippen LogP contribution < -0.4 is 0 Å². The van der Waals surface area contributed by atoms with Gasteiger partial charge in [0, 0.05) is 12.4 Å². The van der Waals surface area contributed by atoms with Gasteiger partial charge in [0.2, 0.25) is 0 Å². The van der Waals surface area contributed by atoms with Crippen molar-refractivity contribution in [2.75, 3.05) is 0 Å². The van der Waals surface area contributed by atoms with Gasteiger partial charge in [0.05, 0.1) is 5.56 Å². The molecular weight excluding hydrogens is 419 g/mol. The number of halogens is 3. The van der Waals surface area contributed by atoms with Gasteiger partial charge in [-0.15, -0.1) is 0 Å². The molecule has 4 aromatic carbocycles. The van der Waals surface area contributed by atoms with E-state index in [-0.39, 0.29) is 0 Å². The number of rotatable bonds is 0. The van der Waals surface area contributed by atoms with Crippen LogP contribution in [0.4, 0.5) is 13.2 Å². The number of hydrogen-bond donors (Lipinski definition) is 0. The molecule has 0 fully saturated rings. The van der Waals surface area contributed by atoms with Gasteiger partial charge in [0.1, 0.15) is 0 Å². The van der Waals surface area contributed by atoms with Crippen LogP contribution in [0.5, 0.6) is 0 Å². The van der Waals surface area contributed by atoms with Crippen molar-refractivity contribution in [3.8, 4) is 0 Å². The van der Waals surface area contributed by atoms with Gasteiger partial charge >= 0.3 is 6.18 Å². The summed E-state index contributed by atoms with van der Waals surface area (Å²) in [5, 5.41) is 5.14. The molecule has 0 saturated carbocycles. The maximum atomic E-state index is 13.7. The zero-order valence-corrected chi connectivity index (χ0v) is 18.4. The lowest BCUT2D eigenvalue weighted by atomic mass is 9.79. The molecule has 166 valence electrons. The summed E-state index contributed by atoms with van der Waals surface area (Å²) in [6, 6.07) is 22.8. The fourth-order valence-electron chi connectivity index (χ4n) is 5.01. The summed E-state index contributed by atoms with van der Waals surface area (Å²) in [7, 11) is 0. The van der Waals surface area contributed by atoms with E-state index in [1.807, 2.05) is 54.9 Å². The number of benzene rings is 4. The zero-order chi connectivity index (χ0) is 23.0. The van der Waals surface area contributed by atoms with E-state index < -0.39 is 11.7 Å². The quantitative estimate of drug-likeness (QED) is 0.218. The van der Waals surface area contributed by atoms with Gasteiger partial charge < -0.3 is 0 Å². The fraction of sp³-hybridized carbons (Fsp3) is 0.207. The fourth-order valence-corrected chi connectivity index (χ4v) is 5.01. The van der Waals surface area contributed by atoms with Gasteiger partial charge in [-0.3, -0.25) is 4.98 Å². The predicted octanol–water partition coefficient (Wildman–Crippen LogP) is 8.69. The van der Waals surface area contributed by atoms with Crippen molar-refractivity contribution in [3.63, 3.8) is 0 Å². The number of aryl methyl sites for hydroxylation is 1. The molecule has 0 radical (unpaired) electrons. The van der Waals surface area contributed by atoms with E-state index >= 15 is 0 Å². The third-order valence-electron chi connectivity index (χ3n) is 6.62. The molecule has 4 heteroatoms. The summed E-state index contributed by atoms with van der Waals surface area (Å²) < 4.78 is 41.1. The third-order valence-corrected chi connectivity index (χ3v) is 6.62. The summed E-state index contributed by atoms with van der Waals surface area (Å²) in [5.74, 6) is 0.329. The zero-order valence-electron chi connectivity index (χ0n) is 18.4. The topological polar surface area (TPSA) is 12.9 Å². The molecule has 0 aliphatic heterocycles. The van der Waals surface area contributed by atoms with E-state index in [1.54, 1.807) is 12.1 Å². The second kappa shape index (κ2) is 8.51. The van der Waals surface area contributed by atoms with Gasteiger partial charge in [0.15, 0.2) is 0 Å². The first kappa shape index (κ1) is 21.4. The Kier molecular flexibility index (Phi) is 5.53. The van der Waals surface area contributed by atoms with Crippen LogP contribution in [0.25, 0.3) is 32.3 Å². The van der Waals surface area contributed by atoms with Crippen molar-refractivity contribution in [2.24, 2.45) is 0 Å². The van der Waals surface area contributed by atoms with E-state index in [4.69, 9.17) is 0 Å². The Bertz CT molecular complexity index is 1390. The monoisotopic (exact) mass is 443 g/mol. The van der Waals surface area contributed by atoms with Gasteiger partial charge in [-0.1, -0.05) is 67.6 Å². The number of fused-ring (bicyclic) bond motifs is 6. The van der Waals surface area contributed by atoms with Gasteiger partial charge in [0.25, 0.3) is 0 Å². The molecule has 6 rings (SSSR count). The Balaban J connectivity index is 0.000000190. The minimum Gasteiger partial charge on any atom is -0.264 e. The number of hydrogen-bond acceptors (Lipinski definition) is 1. The average Bonchev–Trinajstić information content (AvgIpc) is 2.83. The first-order valence-electron chi connectivity index (χ1n) is 11.3. The van der Waals surface area contributed by atoms with Crippen LogP contribution in [0.1, 0.15) is 42.4 Å². The van der Waals surface area contributed by atoms with Crippen LogP contribution >= 0.6 is 0 Å². The van der Waals surface area contributed by atoms with Crippen LogP contribution in [0.2, 0.25) is 0 Å². The molecule has 0 amide bonds.